The molecule has 1 saturated heterocycles. The van der Waals surface area contributed by atoms with Gasteiger partial charge in [0, 0.05) is 20.1 Å². The summed E-state index contributed by atoms with van der Waals surface area (Å²) in [5, 5.41) is 0.979. The molecule has 1 fully saturated rings. The summed E-state index contributed by atoms with van der Waals surface area (Å²) in [6.07, 6.45) is 2.00. The highest BCUT2D eigenvalue weighted by atomic mass is 16.5. The molecule has 3 rings (SSSR count). The quantitative estimate of drug-likeness (QED) is 0.474. The summed E-state index contributed by atoms with van der Waals surface area (Å²) in [4.78, 5) is 39.4. The highest BCUT2D eigenvalue weighted by molar-refractivity contribution is 5.86. The van der Waals surface area contributed by atoms with Gasteiger partial charge >= 0.3 is 6.03 Å². The van der Waals surface area contributed by atoms with Crippen molar-refractivity contribution in [1.29, 1.82) is 0 Å². The van der Waals surface area contributed by atoms with E-state index in [0.29, 0.717) is 39.0 Å². The van der Waals surface area contributed by atoms with E-state index in [4.69, 9.17) is 10.5 Å². The standard InChI is InChI=1S/C25H32N4O4/c1-28(24(26)32)27-23(31)25(17-20-9-4-2-5-10-20)14-8-15-29(19-25)22(30)13-16-33-18-21-11-6-3-7-12-21/h2-7,9-12H,8,13-19H2,1H3,(H2,26,32)(H,27,31). The first kappa shape index (κ1) is 24.3. The normalized spacial score (nSPS) is 17.9. The summed E-state index contributed by atoms with van der Waals surface area (Å²) in [5.74, 6) is -0.360. The number of benzene rings is 2. The second-order valence-electron chi connectivity index (χ2n) is 8.49. The lowest BCUT2D eigenvalue weighted by molar-refractivity contribution is -0.144. The number of carbonyl (C=O) groups excluding carboxylic acids is 3. The molecule has 0 radical (unpaired) electrons. The minimum absolute atomic E-state index is 0.0451. The molecule has 176 valence electrons. The molecule has 3 N–H and O–H groups in total. The Hall–Kier alpha value is -3.39. The smallest absolute Gasteiger partial charge is 0.333 e. The van der Waals surface area contributed by atoms with Crippen molar-refractivity contribution < 1.29 is 19.1 Å². The Kier molecular flexibility index (Phi) is 8.43. The molecule has 1 aliphatic rings. The van der Waals surface area contributed by atoms with Crippen LogP contribution in [0, 0.1) is 5.41 Å². The van der Waals surface area contributed by atoms with Crippen molar-refractivity contribution in [2.75, 3.05) is 26.7 Å². The van der Waals surface area contributed by atoms with Crippen LogP contribution in [0.2, 0.25) is 0 Å². The van der Waals surface area contributed by atoms with Crippen LogP contribution in [0.25, 0.3) is 0 Å². The zero-order chi connectivity index (χ0) is 23.7. The zero-order valence-electron chi connectivity index (χ0n) is 19.0. The molecule has 0 aromatic heterocycles. The second kappa shape index (κ2) is 11.5. The van der Waals surface area contributed by atoms with E-state index in [0.717, 1.165) is 16.1 Å². The van der Waals surface area contributed by atoms with Crippen LogP contribution in [0.1, 0.15) is 30.4 Å². The molecule has 2 aromatic rings. The van der Waals surface area contributed by atoms with E-state index in [1.165, 1.54) is 7.05 Å². The van der Waals surface area contributed by atoms with E-state index in [2.05, 4.69) is 5.43 Å². The van der Waals surface area contributed by atoms with Gasteiger partial charge in [-0.15, -0.1) is 0 Å². The molecule has 0 spiro atoms. The molecule has 1 unspecified atom stereocenters. The maximum Gasteiger partial charge on any atom is 0.333 e. The largest absolute Gasteiger partial charge is 0.376 e. The summed E-state index contributed by atoms with van der Waals surface area (Å²) in [6, 6.07) is 18.7. The Bertz CT molecular complexity index is 938. The number of nitrogens with zero attached hydrogens (tertiary/aromatic N) is 2. The van der Waals surface area contributed by atoms with E-state index < -0.39 is 11.4 Å². The first-order valence-electron chi connectivity index (χ1n) is 11.2. The lowest BCUT2D eigenvalue weighted by Crippen LogP contribution is -2.58. The first-order chi connectivity index (χ1) is 15.9. The van der Waals surface area contributed by atoms with Gasteiger partial charge in [0.1, 0.15) is 0 Å². The van der Waals surface area contributed by atoms with Gasteiger partial charge in [0.05, 0.1) is 25.0 Å². The third kappa shape index (κ3) is 6.79. The first-order valence-corrected chi connectivity index (χ1v) is 11.2. The van der Waals surface area contributed by atoms with E-state index >= 15 is 0 Å². The average Bonchev–Trinajstić information content (AvgIpc) is 2.83. The fourth-order valence-electron chi connectivity index (χ4n) is 4.15. The number of rotatable bonds is 8. The minimum Gasteiger partial charge on any atom is -0.376 e. The summed E-state index contributed by atoms with van der Waals surface area (Å²) in [7, 11) is 1.41. The molecule has 0 bridgehead atoms. The Morgan fingerprint density at radius 2 is 1.70 bits per heavy atom. The van der Waals surface area contributed by atoms with Crippen LogP contribution in [-0.4, -0.2) is 54.5 Å². The van der Waals surface area contributed by atoms with Crippen LogP contribution in [0.15, 0.2) is 60.7 Å². The number of amides is 4. The number of likely N-dealkylation sites (tertiary alicyclic amines) is 1. The van der Waals surface area contributed by atoms with E-state index in [-0.39, 0.29) is 24.8 Å². The van der Waals surface area contributed by atoms with Crippen molar-refractivity contribution in [1.82, 2.24) is 15.3 Å². The average molecular weight is 453 g/mol. The summed E-state index contributed by atoms with van der Waals surface area (Å²) >= 11 is 0. The lowest BCUT2D eigenvalue weighted by atomic mass is 9.74. The molecule has 1 atom stereocenters. The van der Waals surface area contributed by atoms with Crippen molar-refractivity contribution >= 4 is 17.8 Å². The number of hydrogen-bond acceptors (Lipinski definition) is 4. The highest BCUT2D eigenvalue weighted by Crippen LogP contribution is 2.34. The van der Waals surface area contributed by atoms with Crippen LogP contribution in [0.4, 0.5) is 4.79 Å². The maximum absolute atomic E-state index is 13.3. The third-order valence-electron chi connectivity index (χ3n) is 5.97. The number of primary amides is 1. The van der Waals surface area contributed by atoms with Gasteiger partial charge in [0.15, 0.2) is 0 Å². The molecule has 0 aliphatic carbocycles. The Morgan fingerprint density at radius 1 is 1.06 bits per heavy atom. The van der Waals surface area contributed by atoms with Crippen molar-refractivity contribution in [2.24, 2.45) is 11.1 Å². The number of urea groups is 1. The van der Waals surface area contributed by atoms with Crippen molar-refractivity contribution in [3.8, 4) is 0 Å². The maximum atomic E-state index is 13.3. The van der Waals surface area contributed by atoms with Crippen molar-refractivity contribution in [2.45, 2.75) is 32.3 Å². The van der Waals surface area contributed by atoms with Gasteiger partial charge in [0.25, 0.3) is 0 Å². The fraction of sp³-hybridized carbons (Fsp3) is 0.400. The molecular weight excluding hydrogens is 420 g/mol. The molecule has 8 nitrogen and oxygen atoms in total. The van der Waals surface area contributed by atoms with Crippen molar-refractivity contribution in [3.05, 3.63) is 71.8 Å². The zero-order valence-corrected chi connectivity index (χ0v) is 19.0. The Morgan fingerprint density at radius 3 is 2.33 bits per heavy atom. The van der Waals surface area contributed by atoms with Gasteiger partial charge in [-0.2, -0.15) is 0 Å². The summed E-state index contributed by atoms with van der Waals surface area (Å²) < 4.78 is 5.67. The number of hydrazine groups is 1. The number of nitrogens with one attached hydrogen (secondary N) is 1. The number of hydrogen-bond donors (Lipinski definition) is 2. The third-order valence-corrected chi connectivity index (χ3v) is 5.97. The molecule has 33 heavy (non-hydrogen) atoms. The van der Waals surface area contributed by atoms with Gasteiger partial charge in [-0.25, -0.2) is 9.80 Å². The molecule has 0 saturated carbocycles. The number of nitrogens with two attached hydrogens (primary N) is 1. The molecule has 8 heteroatoms. The van der Waals surface area contributed by atoms with Crippen molar-refractivity contribution in [3.63, 3.8) is 0 Å². The predicted octanol–water partition coefficient (Wildman–Crippen LogP) is 2.49. The predicted molar refractivity (Wildman–Crippen MR) is 125 cm³/mol. The summed E-state index contributed by atoms with van der Waals surface area (Å²) in [6.45, 7) is 1.63. The number of carbonyl (C=O) groups is 3. The van der Waals surface area contributed by atoms with Gasteiger partial charge in [0.2, 0.25) is 11.8 Å². The summed E-state index contributed by atoms with van der Waals surface area (Å²) in [5.41, 5.74) is 9.08. The van der Waals surface area contributed by atoms with E-state index in [9.17, 15) is 14.4 Å². The molecular formula is C25H32N4O4. The SMILES string of the molecule is CN(NC(=O)C1(Cc2ccccc2)CCCN(C(=O)CCOCc2ccccc2)C1)C(N)=O. The minimum atomic E-state index is -0.857. The lowest BCUT2D eigenvalue weighted by Gasteiger charge is -2.42. The molecule has 1 aliphatic heterocycles. The van der Waals surface area contributed by atoms with Crippen LogP contribution < -0.4 is 11.2 Å². The Balaban J connectivity index is 1.65. The van der Waals surface area contributed by atoms with Crippen LogP contribution in [0.3, 0.4) is 0 Å². The highest BCUT2D eigenvalue weighted by Gasteiger charge is 2.44. The topological polar surface area (TPSA) is 105 Å². The van der Waals surface area contributed by atoms with Crippen LogP contribution in [0.5, 0.6) is 0 Å². The molecule has 1 heterocycles. The fourth-order valence-corrected chi connectivity index (χ4v) is 4.15. The van der Waals surface area contributed by atoms with Gasteiger partial charge in [-0.3, -0.25) is 15.0 Å². The van der Waals surface area contributed by atoms with Gasteiger partial charge < -0.3 is 15.4 Å². The Labute approximate surface area is 194 Å². The monoisotopic (exact) mass is 452 g/mol. The van der Waals surface area contributed by atoms with Crippen LogP contribution >= 0.6 is 0 Å². The second-order valence-corrected chi connectivity index (χ2v) is 8.49. The van der Waals surface area contributed by atoms with Crippen LogP contribution in [-0.2, 0) is 27.4 Å². The number of ether oxygens (including phenoxy) is 1. The van der Waals surface area contributed by atoms with E-state index in [1.54, 1.807) is 4.90 Å². The van der Waals surface area contributed by atoms with E-state index in [1.807, 2.05) is 60.7 Å². The van der Waals surface area contributed by atoms with Gasteiger partial charge in [-0.1, -0.05) is 60.7 Å². The number of piperidine rings is 1. The molecule has 2 aromatic carbocycles. The van der Waals surface area contributed by atoms with Gasteiger partial charge in [-0.05, 0) is 30.4 Å². The molecule has 4 amide bonds.